The molecule has 0 bridgehead atoms. The third-order valence-corrected chi connectivity index (χ3v) is 3.24. The molecule has 1 amide bonds. The van der Waals surface area contributed by atoms with Gasteiger partial charge in [-0.05, 0) is 30.7 Å². The lowest BCUT2D eigenvalue weighted by molar-refractivity contribution is 0.102. The van der Waals surface area contributed by atoms with Gasteiger partial charge in [0.05, 0.1) is 25.5 Å². The van der Waals surface area contributed by atoms with Gasteiger partial charge in [-0.1, -0.05) is 6.92 Å². The standard InChI is InChI=1S/C17H21N3O3/c1-4-9-18-16-8-5-12(11-19-16)17(21)20-14-10-13(22-2)6-7-15(14)23-3/h5-8,10-11H,4,9H2,1-3H3,(H,18,19)(H,20,21). The molecule has 0 atom stereocenters. The molecule has 0 aliphatic rings. The molecule has 0 spiro atoms. The second-order valence-corrected chi connectivity index (χ2v) is 4.88. The average molecular weight is 315 g/mol. The van der Waals surface area contributed by atoms with E-state index < -0.39 is 0 Å². The summed E-state index contributed by atoms with van der Waals surface area (Å²) >= 11 is 0. The average Bonchev–Trinajstić information content (AvgIpc) is 2.60. The van der Waals surface area contributed by atoms with Crippen molar-refractivity contribution in [3.8, 4) is 11.5 Å². The summed E-state index contributed by atoms with van der Waals surface area (Å²) < 4.78 is 10.4. The van der Waals surface area contributed by atoms with E-state index in [4.69, 9.17) is 9.47 Å². The second kappa shape index (κ2) is 8.03. The Kier molecular flexibility index (Phi) is 5.80. The summed E-state index contributed by atoms with van der Waals surface area (Å²) in [5.41, 5.74) is 1.02. The molecule has 0 aliphatic heterocycles. The van der Waals surface area contributed by atoms with Gasteiger partial charge in [0.2, 0.25) is 0 Å². The maximum Gasteiger partial charge on any atom is 0.257 e. The minimum Gasteiger partial charge on any atom is -0.497 e. The van der Waals surface area contributed by atoms with E-state index in [1.165, 1.54) is 0 Å². The molecule has 1 heterocycles. The van der Waals surface area contributed by atoms with Gasteiger partial charge in [-0.3, -0.25) is 4.79 Å². The van der Waals surface area contributed by atoms with Crippen molar-refractivity contribution in [1.82, 2.24) is 4.98 Å². The molecule has 1 aromatic carbocycles. The number of rotatable bonds is 7. The van der Waals surface area contributed by atoms with Gasteiger partial charge in [0.25, 0.3) is 5.91 Å². The Bertz CT molecular complexity index is 657. The first-order valence-electron chi connectivity index (χ1n) is 7.41. The van der Waals surface area contributed by atoms with Crippen LogP contribution in [0, 0.1) is 0 Å². The van der Waals surface area contributed by atoms with Crippen LogP contribution in [0.4, 0.5) is 11.5 Å². The van der Waals surface area contributed by atoms with E-state index in [0.717, 1.165) is 18.8 Å². The van der Waals surface area contributed by atoms with Crippen LogP contribution in [0.2, 0.25) is 0 Å². The van der Waals surface area contributed by atoms with Gasteiger partial charge in [-0.15, -0.1) is 0 Å². The smallest absolute Gasteiger partial charge is 0.257 e. The molecule has 2 aromatic rings. The SMILES string of the molecule is CCCNc1ccc(C(=O)Nc2cc(OC)ccc2OC)cn1. The summed E-state index contributed by atoms with van der Waals surface area (Å²) in [5.74, 6) is 1.69. The summed E-state index contributed by atoms with van der Waals surface area (Å²) in [4.78, 5) is 16.6. The number of methoxy groups -OCH3 is 2. The van der Waals surface area contributed by atoms with E-state index in [9.17, 15) is 4.79 Å². The van der Waals surface area contributed by atoms with Crippen LogP contribution in [0.15, 0.2) is 36.5 Å². The summed E-state index contributed by atoms with van der Waals surface area (Å²) in [6.07, 6.45) is 2.56. The molecule has 0 fully saturated rings. The number of pyridine rings is 1. The number of ether oxygens (including phenoxy) is 2. The fourth-order valence-corrected chi connectivity index (χ4v) is 1.99. The Morgan fingerprint density at radius 1 is 1.17 bits per heavy atom. The number of carbonyl (C=O) groups is 1. The molecule has 0 saturated carbocycles. The molecule has 0 radical (unpaired) electrons. The van der Waals surface area contributed by atoms with Gasteiger partial charge < -0.3 is 20.1 Å². The van der Waals surface area contributed by atoms with Crippen LogP contribution in [0.25, 0.3) is 0 Å². The number of carbonyl (C=O) groups excluding carboxylic acids is 1. The largest absolute Gasteiger partial charge is 0.497 e. The number of nitrogens with zero attached hydrogens (tertiary/aromatic N) is 1. The van der Waals surface area contributed by atoms with Crippen molar-refractivity contribution < 1.29 is 14.3 Å². The lowest BCUT2D eigenvalue weighted by Crippen LogP contribution is -2.13. The van der Waals surface area contributed by atoms with Gasteiger partial charge in [0.1, 0.15) is 17.3 Å². The normalized spacial score (nSPS) is 10.0. The second-order valence-electron chi connectivity index (χ2n) is 4.88. The summed E-state index contributed by atoms with van der Waals surface area (Å²) in [6, 6.07) is 8.73. The quantitative estimate of drug-likeness (QED) is 0.821. The van der Waals surface area contributed by atoms with Gasteiger partial charge in [0, 0.05) is 18.8 Å². The van der Waals surface area contributed by atoms with Crippen LogP contribution in [-0.4, -0.2) is 31.7 Å². The van der Waals surface area contributed by atoms with E-state index in [-0.39, 0.29) is 5.91 Å². The Labute approximate surface area is 135 Å². The molecule has 0 aliphatic carbocycles. The lowest BCUT2D eigenvalue weighted by Gasteiger charge is -2.12. The minimum absolute atomic E-state index is 0.258. The molecule has 0 saturated heterocycles. The van der Waals surface area contributed by atoms with E-state index in [1.54, 1.807) is 50.7 Å². The van der Waals surface area contributed by atoms with Crippen LogP contribution in [0.1, 0.15) is 23.7 Å². The first-order valence-corrected chi connectivity index (χ1v) is 7.41. The van der Waals surface area contributed by atoms with E-state index in [2.05, 4.69) is 22.5 Å². The van der Waals surface area contributed by atoms with Crippen molar-refractivity contribution in [3.63, 3.8) is 0 Å². The van der Waals surface area contributed by atoms with Crippen LogP contribution in [-0.2, 0) is 0 Å². The zero-order valence-corrected chi connectivity index (χ0v) is 13.6. The molecule has 2 N–H and O–H groups in total. The first-order chi connectivity index (χ1) is 11.2. The van der Waals surface area contributed by atoms with Gasteiger partial charge >= 0.3 is 0 Å². The third-order valence-electron chi connectivity index (χ3n) is 3.24. The third kappa shape index (κ3) is 4.35. The number of aromatic nitrogens is 1. The van der Waals surface area contributed by atoms with Gasteiger partial charge in [-0.2, -0.15) is 0 Å². The van der Waals surface area contributed by atoms with Crippen molar-refractivity contribution in [2.45, 2.75) is 13.3 Å². The zero-order valence-electron chi connectivity index (χ0n) is 13.6. The Morgan fingerprint density at radius 3 is 2.61 bits per heavy atom. The topological polar surface area (TPSA) is 72.5 Å². The van der Waals surface area contributed by atoms with Crippen LogP contribution in [0.3, 0.4) is 0 Å². The van der Waals surface area contributed by atoms with E-state index >= 15 is 0 Å². The van der Waals surface area contributed by atoms with E-state index in [1.807, 2.05) is 0 Å². The molecule has 23 heavy (non-hydrogen) atoms. The number of benzene rings is 1. The summed E-state index contributed by atoms with van der Waals surface area (Å²) in [6.45, 7) is 2.93. The highest BCUT2D eigenvalue weighted by Gasteiger charge is 2.11. The van der Waals surface area contributed by atoms with Crippen molar-refractivity contribution in [2.75, 3.05) is 31.4 Å². The fraction of sp³-hybridized carbons (Fsp3) is 0.294. The highest BCUT2D eigenvalue weighted by molar-refractivity contribution is 6.05. The molecular formula is C17H21N3O3. The molecule has 0 unspecified atom stereocenters. The predicted molar refractivity (Wildman–Crippen MR) is 90.5 cm³/mol. The number of nitrogens with one attached hydrogen (secondary N) is 2. The molecule has 2 rings (SSSR count). The maximum absolute atomic E-state index is 12.3. The number of amides is 1. The zero-order chi connectivity index (χ0) is 16.7. The lowest BCUT2D eigenvalue weighted by atomic mass is 10.2. The van der Waals surface area contributed by atoms with Crippen molar-refractivity contribution in [3.05, 3.63) is 42.1 Å². The highest BCUT2D eigenvalue weighted by Crippen LogP contribution is 2.29. The monoisotopic (exact) mass is 315 g/mol. The van der Waals surface area contributed by atoms with Crippen molar-refractivity contribution >= 4 is 17.4 Å². The Morgan fingerprint density at radius 2 is 2.00 bits per heavy atom. The molecular weight excluding hydrogens is 294 g/mol. The molecule has 1 aromatic heterocycles. The maximum atomic E-state index is 12.3. The van der Waals surface area contributed by atoms with Crippen molar-refractivity contribution in [1.29, 1.82) is 0 Å². The molecule has 122 valence electrons. The van der Waals surface area contributed by atoms with Crippen LogP contribution >= 0.6 is 0 Å². The number of anilines is 2. The number of hydrogen-bond acceptors (Lipinski definition) is 5. The fourth-order valence-electron chi connectivity index (χ4n) is 1.99. The number of hydrogen-bond donors (Lipinski definition) is 2. The van der Waals surface area contributed by atoms with Gasteiger partial charge in [0.15, 0.2) is 0 Å². The Balaban J connectivity index is 2.12. The molecule has 6 nitrogen and oxygen atoms in total. The predicted octanol–water partition coefficient (Wildman–Crippen LogP) is 3.17. The minimum atomic E-state index is -0.258. The van der Waals surface area contributed by atoms with Crippen LogP contribution < -0.4 is 20.1 Å². The van der Waals surface area contributed by atoms with Crippen molar-refractivity contribution in [2.24, 2.45) is 0 Å². The van der Waals surface area contributed by atoms with E-state index in [0.29, 0.717) is 22.7 Å². The van der Waals surface area contributed by atoms with Crippen LogP contribution in [0.5, 0.6) is 11.5 Å². The summed E-state index contributed by atoms with van der Waals surface area (Å²) in [5, 5.41) is 5.97. The first kappa shape index (κ1) is 16.6. The van der Waals surface area contributed by atoms with Gasteiger partial charge in [-0.25, -0.2) is 4.98 Å². The highest BCUT2D eigenvalue weighted by atomic mass is 16.5. The Hall–Kier alpha value is -2.76. The summed E-state index contributed by atoms with van der Waals surface area (Å²) in [7, 11) is 3.12. The molecule has 6 heteroatoms.